The van der Waals surface area contributed by atoms with E-state index in [9.17, 15) is 24.5 Å². The van der Waals surface area contributed by atoms with Crippen molar-refractivity contribution in [2.75, 3.05) is 6.54 Å². The second-order valence-electron chi connectivity index (χ2n) is 5.86. The topological polar surface area (TPSA) is 97.6 Å². The highest BCUT2D eigenvalue weighted by atomic mass is 16.6. The number of Topliss-reactive ketones (excluding diaryl/α,β-unsaturated/α-hetero) is 1. The van der Waals surface area contributed by atoms with E-state index in [0.717, 1.165) is 11.0 Å². The lowest BCUT2D eigenvalue weighted by atomic mass is 9.90. The van der Waals surface area contributed by atoms with E-state index in [-0.39, 0.29) is 29.1 Å². The first-order valence-electron chi connectivity index (χ1n) is 6.31. The molecule has 0 radical (unpaired) electrons. The third kappa shape index (κ3) is 2.54. The van der Waals surface area contributed by atoms with Gasteiger partial charge in [-0.25, -0.2) is 0 Å². The van der Waals surface area contributed by atoms with E-state index in [1.54, 1.807) is 20.8 Å². The van der Waals surface area contributed by atoms with Crippen molar-refractivity contribution in [3.05, 3.63) is 39.4 Å². The van der Waals surface area contributed by atoms with E-state index >= 15 is 0 Å². The Balaban J connectivity index is 2.34. The Labute approximate surface area is 120 Å². The summed E-state index contributed by atoms with van der Waals surface area (Å²) in [5.74, 6) is -1.52. The van der Waals surface area contributed by atoms with Crippen LogP contribution in [0.15, 0.2) is 18.2 Å². The molecule has 21 heavy (non-hydrogen) atoms. The van der Waals surface area contributed by atoms with Gasteiger partial charge in [0.05, 0.1) is 22.6 Å². The van der Waals surface area contributed by atoms with E-state index in [0.29, 0.717) is 0 Å². The summed E-state index contributed by atoms with van der Waals surface area (Å²) < 4.78 is 0. The van der Waals surface area contributed by atoms with Crippen LogP contribution in [0.25, 0.3) is 0 Å². The fourth-order valence-electron chi connectivity index (χ4n) is 1.92. The lowest BCUT2D eigenvalue weighted by Gasteiger charge is -2.20. The summed E-state index contributed by atoms with van der Waals surface area (Å²) in [7, 11) is 0. The maximum atomic E-state index is 12.2. The number of hydrogen-bond donors (Lipinski definition) is 0. The van der Waals surface area contributed by atoms with Gasteiger partial charge < -0.3 is 0 Å². The van der Waals surface area contributed by atoms with Crippen molar-refractivity contribution < 1.29 is 19.3 Å². The third-order valence-corrected chi connectivity index (χ3v) is 3.30. The minimum Gasteiger partial charge on any atom is -0.297 e. The number of rotatable bonds is 3. The summed E-state index contributed by atoms with van der Waals surface area (Å²) >= 11 is 0. The summed E-state index contributed by atoms with van der Waals surface area (Å²) in [5, 5.41) is 10.7. The molecule has 0 N–H and O–H groups in total. The first-order chi connectivity index (χ1) is 9.62. The molecule has 0 spiro atoms. The zero-order chi connectivity index (χ0) is 15.9. The molecule has 1 aromatic carbocycles. The van der Waals surface area contributed by atoms with Crippen LogP contribution in [0.3, 0.4) is 0 Å². The van der Waals surface area contributed by atoms with Gasteiger partial charge in [0.1, 0.15) is 0 Å². The standard InChI is InChI=1S/C14H14N2O5/c1-14(2,3)11(17)7-15-12(18)9-5-4-8(16(20)21)6-10(9)13(15)19/h4-6H,7H2,1-3H3. The van der Waals surface area contributed by atoms with Gasteiger partial charge in [-0.05, 0) is 6.07 Å². The molecule has 0 unspecified atom stereocenters. The van der Waals surface area contributed by atoms with E-state index in [2.05, 4.69) is 0 Å². The molecule has 2 rings (SSSR count). The molecule has 0 atom stereocenters. The number of benzene rings is 1. The van der Waals surface area contributed by atoms with Crippen molar-refractivity contribution >= 4 is 23.3 Å². The van der Waals surface area contributed by atoms with Crippen molar-refractivity contribution in [1.29, 1.82) is 0 Å². The number of imide groups is 1. The van der Waals surface area contributed by atoms with E-state index in [4.69, 9.17) is 0 Å². The molecule has 1 aliphatic heterocycles. The van der Waals surface area contributed by atoms with E-state index < -0.39 is 22.2 Å². The fourth-order valence-corrected chi connectivity index (χ4v) is 1.92. The Morgan fingerprint density at radius 3 is 2.29 bits per heavy atom. The molecule has 1 heterocycles. The summed E-state index contributed by atoms with van der Waals surface area (Å²) in [6, 6.07) is 3.48. The zero-order valence-corrected chi connectivity index (χ0v) is 11.9. The average Bonchev–Trinajstić information content (AvgIpc) is 2.62. The second-order valence-corrected chi connectivity index (χ2v) is 5.86. The molecule has 0 aromatic heterocycles. The molecule has 0 saturated carbocycles. The molecule has 1 aromatic rings. The molecule has 0 fully saturated rings. The number of carbonyl (C=O) groups is 3. The van der Waals surface area contributed by atoms with Crippen LogP contribution in [-0.2, 0) is 4.79 Å². The van der Waals surface area contributed by atoms with Gasteiger partial charge in [0.2, 0.25) is 0 Å². The lowest BCUT2D eigenvalue weighted by Crippen LogP contribution is -2.39. The molecule has 0 bridgehead atoms. The number of fused-ring (bicyclic) bond motifs is 1. The first kappa shape index (κ1) is 14.8. The highest BCUT2D eigenvalue weighted by Gasteiger charge is 2.39. The normalized spacial score (nSPS) is 14.3. The van der Waals surface area contributed by atoms with Crippen LogP contribution in [0.1, 0.15) is 41.5 Å². The van der Waals surface area contributed by atoms with E-state index in [1.807, 2.05) is 0 Å². The average molecular weight is 290 g/mol. The molecular weight excluding hydrogens is 276 g/mol. The number of nitro groups is 1. The Bertz CT molecular complexity index is 672. The number of non-ortho nitro benzene ring substituents is 1. The lowest BCUT2D eigenvalue weighted by molar-refractivity contribution is -0.384. The number of ketones is 1. The summed E-state index contributed by atoms with van der Waals surface area (Å²) in [4.78, 5) is 47.2. The molecule has 0 saturated heterocycles. The number of amides is 2. The van der Waals surface area contributed by atoms with Gasteiger partial charge >= 0.3 is 0 Å². The predicted molar refractivity (Wildman–Crippen MR) is 72.9 cm³/mol. The molecule has 7 heteroatoms. The minimum absolute atomic E-state index is 0.0316. The van der Waals surface area contributed by atoms with Crippen LogP contribution in [0, 0.1) is 15.5 Å². The Hall–Kier alpha value is -2.57. The quantitative estimate of drug-likeness (QED) is 0.480. The van der Waals surface area contributed by atoms with Crippen molar-refractivity contribution in [3.63, 3.8) is 0 Å². The number of nitro benzene ring substituents is 1. The van der Waals surface area contributed by atoms with Crippen molar-refractivity contribution in [1.82, 2.24) is 4.90 Å². The summed E-state index contributed by atoms with van der Waals surface area (Å²) in [6.45, 7) is 4.75. The van der Waals surface area contributed by atoms with Crippen molar-refractivity contribution in [2.45, 2.75) is 20.8 Å². The first-order valence-corrected chi connectivity index (χ1v) is 6.31. The summed E-state index contributed by atoms with van der Waals surface area (Å²) in [5.41, 5.74) is -0.886. The molecular formula is C14H14N2O5. The number of nitrogens with zero attached hydrogens (tertiary/aromatic N) is 2. The fraction of sp³-hybridized carbons (Fsp3) is 0.357. The smallest absolute Gasteiger partial charge is 0.270 e. The second kappa shape index (κ2) is 4.76. The zero-order valence-electron chi connectivity index (χ0n) is 11.9. The van der Waals surface area contributed by atoms with Gasteiger partial charge in [0.15, 0.2) is 5.78 Å². The molecule has 7 nitrogen and oxygen atoms in total. The van der Waals surface area contributed by atoms with Gasteiger partial charge in [-0.2, -0.15) is 0 Å². The van der Waals surface area contributed by atoms with Gasteiger partial charge in [-0.1, -0.05) is 20.8 Å². The van der Waals surface area contributed by atoms with E-state index in [1.165, 1.54) is 12.1 Å². The highest BCUT2D eigenvalue weighted by Crippen LogP contribution is 2.27. The van der Waals surface area contributed by atoms with Gasteiger partial charge in [-0.3, -0.25) is 29.4 Å². The monoisotopic (exact) mass is 290 g/mol. The maximum Gasteiger partial charge on any atom is 0.270 e. The maximum absolute atomic E-state index is 12.2. The summed E-state index contributed by atoms with van der Waals surface area (Å²) in [6.07, 6.45) is 0. The van der Waals surface area contributed by atoms with Crippen LogP contribution >= 0.6 is 0 Å². The molecule has 2 amide bonds. The largest absolute Gasteiger partial charge is 0.297 e. The van der Waals surface area contributed by atoms with Crippen LogP contribution in [-0.4, -0.2) is 34.0 Å². The van der Waals surface area contributed by atoms with Crippen molar-refractivity contribution in [3.8, 4) is 0 Å². The van der Waals surface area contributed by atoms with Crippen LogP contribution in [0.4, 0.5) is 5.69 Å². The molecule has 1 aliphatic rings. The Morgan fingerprint density at radius 2 is 1.76 bits per heavy atom. The van der Waals surface area contributed by atoms with Gasteiger partial charge in [-0.15, -0.1) is 0 Å². The number of hydrogen-bond acceptors (Lipinski definition) is 5. The molecule has 110 valence electrons. The minimum atomic E-state index is -0.679. The number of carbonyl (C=O) groups excluding carboxylic acids is 3. The predicted octanol–water partition coefficient (Wildman–Crippen LogP) is 1.81. The van der Waals surface area contributed by atoms with Crippen LogP contribution < -0.4 is 0 Å². The van der Waals surface area contributed by atoms with Gasteiger partial charge in [0, 0.05) is 17.5 Å². The Morgan fingerprint density at radius 1 is 1.19 bits per heavy atom. The molecule has 0 aliphatic carbocycles. The SMILES string of the molecule is CC(C)(C)C(=O)CN1C(=O)c2ccc([N+](=O)[O-])cc2C1=O. The Kier molecular flexibility index (Phi) is 3.36. The third-order valence-electron chi connectivity index (χ3n) is 3.30. The van der Waals surface area contributed by atoms with Crippen LogP contribution in [0.2, 0.25) is 0 Å². The van der Waals surface area contributed by atoms with Crippen molar-refractivity contribution in [2.24, 2.45) is 5.41 Å². The highest BCUT2D eigenvalue weighted by molar-refractivity contribution is 6.22. The van der Waals surface area contributed by atoms with Crippen LogP contribution in [0.5, 0.6) is 0 Å². The van der Waals surface area contributed by atoms with Gasteiger partial charge in [0.25, 0.3) is 17.5 Å².